The Balaban J connectivity index is 1.43. The first-order valence-corrected chi connectivity index (χ1v) is 12.7. The molecule has 7 nitrogen and oxygen atoms in total. The van der Waals surface area contributed by atoms with E-state index in [1.165, 1.54) is 38.8 Å². The van der Waals surface area contributed by atoms with Gasteiger partial charge in [-0.15, -0.1) is 11.3 Å². The maximum absolute atomic E-state index is 12.5. The van der Waals surface area contributed by atoms with E-state index >= 15 is 0 Å². The van der Waals surface area contributed by atoms with Crippen LogP contribution in [0.1, 0.15) is 62.2 Å². The van der Waals surface area contributed by atoms with Gasteiger partial charge in [-0.3, -0.25) is 24.7 Å². The highest BCUT2D eigenvalue weighted by atomic mass is 32.2. The molecule has 2 aliphatic rings. The lowest BCUT2D eigenvalue weighted by Gasteiger charge is -2.21. The molecule has 1 unspecified atom stereocenters. The zero-order chi connectivity index (χ0) is 21.5. The molecule has 9 heteroatoms. The van der Waals surface area contributed by atoms with Gasteiger partial charge in [-0.1, -0.05) is 6.42 Å². The van der Waals surface area contributed by atoms with Gasteiger partial charge in [0.25, 0.3) is 11.8 Å². The monoisotopic (exact) mass is 447 g/mol. The van der Waals surface area contributed by atoms with Crippen LogP contribution in [0.25, 0.3) is 0 Å². The Morgan fingerprint density at radius 3 is 2.53 bits per heavy atom. The van der Waals surface area contributed by atoms with Crippen molar-refractivity contribution >= 4 is 38.9 Å². The van der Waals surface area contributed by atoms with Gasteiger partial charge in [0.1, 0.15) is 0 Å². The third-order valence-electron chi connectivity index (χ3n) is 5.61. The normalized spacial score (nSPS) is 18.3. The van der Waals surface area contributed by atoms with Gasteiger partial charge >= 0.3 is 0 Å². The first kappa shape index (κ1) is 20.9. The Labute approximate surface area is 180 Å². The van der Waals surface area contributed by atoms with Gasteiger partial charge in [-0.2, -0.15) is 0 Å². The highest BCUT2D eigenvalue weighted by molar-refractivity contribution is 7.92. The average molecular weight is 448 g/mol. The van der Waals surface area contributed by atoms with Crippen LogP contribution in [0.5, 0.6) is 0 Å². The second kappa shape index (κ2) is 8.03. The van der Waals surface area contributed by atoms with E-state index < -0.39 is 15.9 Å². The first-order valence-electron chi connectivity index (χ1n) is 10.1. The van der Waals surface area contributed by atoms with Gasteiger partial charge in [0.05, 0.1) is 16.8 Å². The number of hydrogen-bond donors (Lipinski definition) is 2. The van der Waals surface area contributed by atoms with Crippen molar-refractivity contribution in [3.8, 4) is 0 Å². The number of carbonyl (C=O) groups excluding carboxylic acids is 2. The third kappa shape index (κ3) is 4.09. The number of thiophene rings is 1. The topological polar surface area (TPSA) is 95.6 Å². The van der Waals surface area contributed by atoms with E-state index in [2.05, 4.69) is 10.9 Å². The summed E-state index contributed by atoms with van der Waals surface area (Å²) in [5.74, 6) is -0.755. The van der Waals surface area contributed by atoms with Crippen LogP contribution in [0.15, 0.2) is 24.3 Å². The number of nitrogens with one attached hydrogen (secondary N) is 2. The van der Waals surface area contributed by atoms with Crippen molar-refractivity contribution in [1.82, 2.24) is 10.9 Å². The molecule has 1 aliphatic carbocycles. The van der Waals surface area contributed by atoms with Crippen LogP contribution < -0.4 is 15.2 Å². The molecule has 0 saturated heterocycles. The zero-order valence-electron chi connectivity index (χ0n) is 17.0. The van der Waals surface area contributed by atoms with Crippen LogP contribution >= 0.6 is 11.3 Å². The molecule has 0 spiro atoms. The lowest BCUT2D eigenvalue weighted by atomic mass is 10.1. The number of hydrazine groups is 1. The summed E-state index contributed by atoms with van der Waals surface area (Å²) in [7, 11) is -3.38. The molecule has 0 radical (unpaired) electrons. The quantitative estimate of drug-likeness (QED) is 0.559. The number of aryl methyl sites for hydroxylation is 2. The van der Waals surface area contributed by atoms with Crippen molar-refractivity contribution in [3.63, 3.8) is 0 Å². The summed E-state index contributed by atoms with van der Waals surface area (Å²) in [4.78, 5) is 26.9. The summed E-state index contributed by atoms with van der Waals surface area (Å²) in [5.41, 5.74) is 7.99. The minimum atomic E-state index is -3.38. The van der Waals surface area contributed by atoms with Crippen molar-refractivity contribution in [3.05, 3.63) is 50.7 Å². The fourth-order valence-electron chi connectivity index (χ4n) is 4.28. The third-order valence-corrected chi connectivity index (χ3v) is 8.12. The summed E-state index contributed by atoms with van der Waals surface area (Å²) < 4.78 is 25.4. The summed E-state index contributed by atoms with van der Waals surface area (Å²) in [6.07, 6.45) is 7.26. The van der Waals surface area contributed by atoms with E-state index in [1.54, 1.807) is 18.2 Å². The van der Waals surface area contributed by atoms with E-state index in [9.17, 15) is 18.0 Å². The lowest BCUT2D eigenvalue weighted by Crippen LogP contribution is -2.41. The Morgan fingerprint density at radius 2 is 1.77 bits per heavy atom. The Hall–Kier alpha value is -2.39. The highest BCUT2D eigenvalue weighted by Gasteiger charge is 2.32. The highest BCUT2D eigenvalue weighted by Crippen LogP contribution is 2.34. The molecule has 0 saturated carbocycles. The Morgan fingerprint density at radius 1 is 1.03 bits per heavy atom. The number of nitrogens with zero attached hydrogens (tertiary/aromatic N) is 1. The first-order chi connectivity index (χ1) is 14.2. The van der Waals surface area contributed by atoms with E-state index in [-0.39, 0.29) is 11.9 Å². The van der Waals surface area contributed by atoms with E-state index in [4.69, 9.17) is 0 Å². The van der Waals surface area contributed by atoms with Gasteiger partial charge in [0.2, 0.25) is 10.0 Å². The van der Waals surface area contributed by atoms with Gasteiger partial charge in [0, 0.05) is 16.5 Å². The molecule has 2 heterocycles. The fourth-order valence-corrected chi connectivity index (χ4v) is 6.69. The number of fused-ring (bicyclic) bond motifs is 2. The standard InChI is InChI=1S/C21H25N3O4S2/c1-13-10-16-11-15(8-9-17(16)24(13)30(2,27)28)20(25)22-23-21(26)19-12-14-6-4-3-5-7-18(14)29-19/h8-9,11-13H,3-7,10H2,1-2H3,(H,22,25)(H,23,26). The molecule has 1 atom stereocenters. The van der Waals surface area contributed by atoms with Crippen LogP contribution in [0.3, 0.4) is 0 Å². The van der Waals surface area contributed by atoms with Gasteiger partial charge in [0.15, 0.2) is 0 Å². The number of sulfonamides is 1. The summed E-state index contributed by atoms with van der Waals surface area (Å²) >= 11 is 1.50. The van der Waals surface area contributed by atoms with Gasteiger partial charge < -0.3 is 0 Å². The second-order valence-corrected chi connectivity index (χ2v) is 11.0. The molecule has 2 N–H and O–H groups in total. The minimum absolute atomic E-state index is 0.193. The van der Waals surface area contributed by atoms with Crippen LogP contribution in [0.4, 0.5) is 5.69 Å². The van der Waals surface area contributed by atoms with Crippen LogP contribution in [-0.2, 0) is 29.3 Å². The van der Waals surface area contributed by atoms with Crippen molar-refractivity contribution < 1.29 is 18.0 Å². The summed E-state index contributed by atoms with van der Waals surface area (Å²) in [5, 5.41) is 0. The second-order valence-electron chi connectivity index (χ2n) is 7.98. The molecule has 1 aromatic carbocycles. The molecule has 160 valence electrons. The SMILES string of the molecule is CC1Cc2cc(C(=O)NNC(=O)c3cc4c(s3)CCCCC4)ccc2N1S(C)(=O)=O. The minimum Gasteiger partial charge on any atom is -0.267 e. The van der Waals surface area contributed by atoms with Crippen LogP contribution in [-0.4, -0.2) is 32.5 Å². The van der Waals surface area contributed by atoms with Gasteiger partial charge in [-0.25, -0.2) is 8.42 Å². The van der Waals surface area contributed by atoms with Crippen LogP contribution in [0, 0.1) is 0 Å². The number of rotatable bonds is 3. The predicted molar refractivity (Wildman–Crippen MR) is 117 cm³/mol. The Bertz CT molecular complexity index is 1080. The number of amides is 2. The zero-order valence-corrected chi connectivity index (χ0v) is 18.7. The average Bonchev–Trinajstić information content (AvgIpc) is 3.17. The molecule has 1 aliphatic heterocycles. The maximum atomic E-state index is 12.5. The molecular formula is C21H25N3O4S2. The van der Waals surface area contributed by atoms with E-state index in [0.29, 0.717) is 22.5 Å². The van der Waals surface area contributed by atoms with Gasteiger partial charge in [-0.05, 0) is 74.4 Å². The van der Waals surface area contributed by atoms with Crippen LogP contribution in [0.2, 0.25) is 0 Å². The number of hydrogen-bond acceptors (Lipinski definition) is 5. The van der Waals surface area contributed by atoms with Crippen molar-refractivity contribution in [2.24, 2.45) is 0 Å². The number of anilines is 1. The summed E-state index contributed by atoms with van der Waals surface area (Å²) in [6, 6.07) is 6.65. The summed E-state index contributed by atoms with van der Waals surface area (Å²) in [6.45, 7) is 1.84. The smallest absolute Gasteiger partial charge is 0.267 e. The maximum Gasteiger partial charge on any atom is 0.279 e. The van der Waals surface area contributed by atoms with Crippen molar-refractivity contribution in [2.75, 3.05) is 10.6 Å². The van der Waals surface area contributed by atoms with Crippen molar-refractivity contribution in [2.45, 2.75) is 51.5 Å². The molecule has 2 amide bonds. The number of benzene rings is 1. The number of carbonyl (C=O) groups is 2. The molecule has 1 aromatic heterocycles. The molecule has 0 fully saturated rings. The predicted octanol–water partition coefficient (Wildman–Crippen LogP) is 2.80. The Kier molecular flexibility index (Phi) is 5.59. The lowest BCUT2D eigenvalue weighted by molar-refractivity contribution is 0.0849. The molecule has 30 heavy (non-hydrogen) atoms. The van der Waals surface area contributed by atoms with E-state index in [0.717, 1.165) is 31.2 Å². The largest absolute Gasteiger partial charge is 0.279 e. The van der Waals surface area contributed by atoms with Crippen molar-refractivity contribution in [1.29, 1.82) is 0 Å². The fraction of sp³-hybridized carbons (Fsp3) is 0.429. The molecular weight excluding hydrogens is 422 g/mol. The molecule has 0 bridgehead atoms. The van der Waals surface area contributed by atoms with E-state index in [1.807, 2.05) is 13.0 Å². The molecule has 2 aromatic rings. The molecule has 4 rings (SSSR count).